The zero-order chi connectivity index (χ0) is 11.4. The van der Waals surface area contributed by atoms with E-state index in [-0.39, 0.29) is 5.92 Å². The van der Waals surface area contributed by atoms with Crippen molar-refractivity contribution in [2.75, 3.05) is 18.6 Å². The summed E-state index contributed by atoms with van der Waals surface area (Å²) in [5.74, 6) is 3.63. The Morgan fingerprint density at radius 2 is 2.44 bits per heavy atom. The molecule has 1 saturated heterocycles. The molecule has 0 radical (unpaired) electrons. The summed E-state index contributed by atoms with van der Waals surface area (Å²) in [6, 6.07) is 7.86. The van der Waals surface area contributed by atoms with E-state index in [2.05, 4.69) is 0 Å². The normalized spacial score (nSPS) is 21.7. The van der Waals surface area contributed by atoms with Gasteiger partial charge in [0.05, 0.1) is 7.11 Å². The van der Waals surface area contributed by atoms with Crippen molar-refractivity contribution in [1.82, 2.24) is 0 Å². The van der Waals surface area contributed by atoms with Crippen molar-refractivity contribution < 1.29 is 9.53 Å². The van der Waals surface area contributed by atoms with E-state index in [1.54, 1.807) is 7.11 Å². The second-order valence-electron chi connectivity index (χ2n) is 4.06. The maximum atomic E-state index is 11.2. The number of benzene rings is 1. The van der Waals surface area contributed by atoms with Gasteiger partial charge in [0.2, 0.25) is 0 Å². The molecule has 0 aliphatic carbocycles. The summed E-state index contributed by atoms with van der Waals surface area (Å²) >= 11 is 1.94. The number of carbonyl (C=O) groups is 1. The molecule has 86 valence electrons. The summed E-state index contributed by atoms with van der Waals surface area (Å²) in [6.45, 7) is 0. The van der Waals surface area contributed by atoms with Crippen molar-refractivity contribution in [3.05, 3.63) is 29.8 Å². The molecule has 1 aromatic carbocycles. The van der Waals surface area contributed by atoms with Gasteiger partial charge in [-0.1, -0.05) is 12.1 Å². The van der Waals surface area contributed by atoms with Gasteiger partial charge in [0.1, 0.15) is 12.0 Å². The lowest BCUT2D eigenvalue weighted by Crippen LogP contribution is -2.13. The number of methoxy groups -OCH3 is 1. The summed E-state index contributed by atoms with van der Waals surface area (Å²) in [5, 5.41) is 0. The molecule has 3 heteroatoms. The van der Waals surface area contributed by atoms with Crippen molar-refractivity contribution >= 4 is 18.0 Å². The minimum atomic E-state index is 0.0325. The first-order valence-corrected chi connectivity index (χ1v) is 6.67. The van der Waals surface area contributed by atoms with E-state index in [0.29, 0.717) is 5.92 Å². The van der Waals surface area contributed by atoms with Crippen LogP contribution < -0.4 is 4.74 Å². The highest BCUT2D eigenvalue weighted by Crippen LogP contribution is 2.35. The highest BCUT2D eigenvalue weighted by molar-refractivity contribution is 7.99. The van der Waals surface area contributed by atoms with E-state index in [4.69, 9.17) is 4.74 Å². The molecule has 0 saturated carbocycles. The molecule has 0 bridgehead atoms. The fourth-order valence-corrected chi connectivity index (χ4v) is 3.46. The third-order valence-electron chi connectivity index (χ3n) is 3.10. The predicted molar refractivity (Wildman–Crippen MR) is 67.2 cm³/mol. The van der Waals surface area contributed by atoms with Gasteiger partial charge in [0.15, 0.2) is 0 Å². The SMILES string of the molecule is COc1cccc(C(C=O)C2CCSC2)c1. The highest BCUT2D eigenvalue weighted by atomic mass is 32.2. The van der Waals surface area contributed by atoms with Crippen molar-refractivity contribution in [3.8, 4) is 5.75 Å². The third kappa shape index (κ3) is 2.40. The Labute approximate surface area is 100 Å². The zero-order valence-electron chi connectivity index (χ0n) is 9.39. The Kier molecular flexibility index (Phi) is 3.88. The number of rotatable bonds is 4. The molecule has 1 aliphatic heterocycles. The van der Waals surface area contributed by atoms with Gasteiger partial charge in [0.25, 0.3) is 0 Å². The minimum Gasteiger partial charge on any atom is -0.497 e. The largest absolute Gasteiger partial charge is 0.497 e. The molecule has 0 spiro atoms. The van der Waals surface area contributed by atoms with Gasteiger partial charge >= 0.3 is 0 Å². The fraction of sp³-hybridized carbons (Fsp3) is 0.462. The van der Waals surface area contributed by atoms with Crippen LogP contribution in [0, 0.1) is 5.92 Å². The molecule has 0 amide bonds. The van der Waals surface area contributed by atoms with Crippen LogP contribution in [0.15, 0.2) is 24.3 Å². The molecule has 1 heterocycles. The minimum absolute atomic E-state index is 0.0325. The van der Waals surface area contributed by atoms with E-state index >= 15 is 0 Å². The first-order valence-electron chi connectivity index (χ1n) is 5.52. The number of aldehydes is 1. The van der Waals surface area contributed by atoms with Crippen LogP contribution in [0.4, 0.5) is 0 Å². The number of ether oxygens (including phenoxy) is 1. The van der Waals surface area contributed by atoms with Crippen molar-refractivity contribution in [1.29, 1.82) is 0 Å². The van der Waals surface area contributed by atoms with Crippen molar-refractivity contribution in [2.24, 2.45) is 5.92 Å². The molecule has 1 aliphatic rings. The molecule has 16 heavy (non-hydrogen) atoms. The van der Waals surface area contributed by atoms with Gasteiger partial charge in [-0.15, -0.1) is 0 Å². The topological polar surface area (TPSA) is 26.3 Å². The van der Waals surface area contributed by atoms with E-state index < -0.39 is 0 Å². The average Bonchev–Trinajstić information content (AvgIpc) is 2.84. The first kappa shape index (κ1) is 11.5. The van der Waals surface area contributed by atoms with Crippen LogP contribution in [0.3, 0.4) is 0 Å². The Morgan fingerprint density at radius 3 is 3.06 bits per heavy atom. The average molecular weight is 236 g/mol. The van der Waals surface area contributed by atoms with E-state index in [1.165, 1.54) is 5.75 Å². The number of hydrogen-bond acceptors (Lipinski definition) is 3. The van der Waals surface area contributed by atoms with Crippen LogP contribution in [0.5, 0.6) is 5.75 Å². The number of carbonyl (C=O) groups excluding carboxylic acids is 1. The van der Waals surface area contributed by atoms with Gasteiger partial charge in [-0.05, 0) is 41.5 Å². The van der Waals surface area contributed by atoms with E-state index in [9.17, 15) is 4.79 Å². The lowest BCUT2D eigenvalue weighted by atomic mass is 9.87. The highest BCUT2D eigenvalue weighted by Gasteiger charge is 2.26. The lowest BCUT2D eigenvalue weighted by molar-refractivity contribution is -0.109. The summed E-state index contributed by atoms with van der Waals surface area (Å²) in [4.78, 5) is 11.2. The monoisotopic (exact) mass is 236 g/mol. The molecule has 0 aromatic heterocycles. The standard InChI is InChI=1S/C13H16O2S/c1-15-12-4-2-3-10(7-12)13(8-14)11-5-6-16-9-11/h2-4,7-8,11,13H,5-6,9H2,1H3. The summed E-state index contributed by atoms with van der Waals surface area (Å²) in [6.07, 6.45) is 2.23. The summed E-state index contributed by atoms with van der Waals surface area (Å²) < 4.78 is 5.19. The van der Waals surface area contributed by atoms with E-state index in [1.807, 2.05) is 36.0 Å². The Balaban J connectivity index is 2.21. The molecule has 1 aromatic rings. The molecular weight excluding hydrogens is 220 g/mol. The van der Waals surface area contributed by atoms with E-state index in [0.717, 1.165) is 29.8 Å². The van der Waals surface area contributed by atoms with Gasteiger partial charge in [-0.25, -0.2) is 0 Å². The quantitative estimate of drug-likeness (QED) is 0.752. The van der Waals surface area contributed by atoms with Crippen LogP contribution in [0.1, 0.15) is 17.9 Å². The molecule has 2 rings (SSSR count). The van der Waals surface area contributed by atoms with Crippen molar-refractivity contribution in [2.45, 2.75) is 12.3 Å². The summed E-state index contributed by atoms with van der Waals surface area (Å²) in [7, 11) is 1.65. The van der Waals surface area contributed by atoms with Crippen molar-refractivity contribution in [3.63, 3.8) is 0 Å². The Hall–Kier alpha value is -0.960. The van der Waals surface area contributed by atoms with Crippen LogP contribution >= 0.6 is 11.8 Å². The zero-order valence-corrected chi connectivity index (χ0v) is 10.2. The summed E-state index contributed by atoms with van der Waals surface area (Å²) in [5.41, 5.74) is 1.09. The van der Waals surface area contributed by atoms with Gasteiger partial charge in [-0.3, -0.25) is 0 Å². The molecule has 2 atom stereocenters. The molecule has 0 N–H and O–H groups in total. The van der Waals surface area contributed by atoms with Gasteiger partial charge in [-0.2, -0.15) is 11.8 Å². The lowest BCUT2D eigenvalue weighted by Gasteiger charge is -2.17. The first-order chi connectivity index (χ1) is 7.85. The van der Waals surface area contributed by atoms with Crippen LogP contribution in [0.2, 0.25) is 0 Å². The number of hydrogen-bond donors (Lipinski definition) is 0. The second kappa shape index (κ2) is 5.39. The van der Waals surface area contributed by atoms with Gasteiger partial charge in [0, 0.05) is 5.92 Å². The fourth-order valence-electron chi connectivity index (χ4n) is 2.15. The van der Waals surface area contributed by atoms with Crippen LogP contribution in [-0.2, 0) is 4.79 Å². The maximum Gasteiger partial charge on any atom is 0.127 e. The molecule has 1 fully saturated rings. The molecular formula is C13H16O2S. The third-order valence-corrected chi connectivity index (χ3v) is 4.29. The molecule has 2 nitrogen and oxygen atoms in total. The van der Waals surface area contributed by atoms with Crippen LogP contribution in [0.25, 0.3) is 0 Å². The van der Waals surface area contributed by atoms with Gasteiger partial charge < -0.3 is 9.53 Å². The smallest absolute Gasteiger partial charge is 0.127 e. The van der Waals surface area contributed by atoms with Crippen LogP contribution in [-0.4, -0.2) is 24.9 Å². The Bertz CT molecular complexity index is 359. The second-order valence-corrected chi connectivity index (χ2v) is 5.21. The number of thioether (sulfide) groups is 1. The predicted octanol–water partition coefficient (Wildman–Crippen LogP) is 2.73. The Morgan fingerprint density at radius 1 is 1.56 bits per heavy atom. The molecule has 2 unspecified atom stereocenters. The maximum absolute atomic E-state index is 11.2.